The van der Waals surface area contributed by atoms with Gasteiger partial charge in [-0.25, -0.2) is 14.4 Å². The maximum absolute atomic E-state index is 10.6. The Kier molecular flexibility index (Phi) is 10.4. The van der Waals surface area contributed by atoms with Crippen LogP contribution >= 0.6 is 0 Å². The molecule has 0 aliphatic rings. The first-order valence-corrected chi connectivity index (χ1v) is 10.2. The van der Waals surface area contributed by atoms with Gasteiger partial charge in [0.05, 0.1) is 16.8 Å². The van der Waals surface area contributed by atoms with E-state index in [2.05, 4.69) is 25.8 Å². The Morgan fingerprint density at radius 2 is 1.30 bits per heavy atom. The standard InChI is InChI=1S/C11H14O2.C8H7NO.C8H8O2/c1-11(2,3)9-6-4-8(5-7-9)10(12)13;1-7-2-4-8(5-3-7)9-6-10;1-6-3-2-4-7(5-6)8(9)10/h4-7H,1-3H3,(H,12,13);2-5H,1H3;2-5H,1H3,(H,9,10). The second-order valence-electron chi connectivity index (χ2n) is 8.35. The van der Waals surface area contributed by atoms with Gasteiger partial charge in [-0.2, -0.15) is 4.99 Å². The number of aryl methyl sites for hydroxylation is 2. The van der Waals surface area contributed by atoms with Crippen LogP contribution in [-0.4, -0.2) is 28.2 Å². The zero-order valence-corrected chi connectivity index (χ0v) is 19.5. The lowest BCUT2D eigenvalue weighted by atomic mass is 9.87. The molecule has 0 radical (unpaired) electrons. The molecule has 0 aliphatic heterocycles. The van der Waals surface area contributed by atoms with Crippen LogP contribution in [0.2, 0.25) is 0 Å². The molecule has 0 aliphatic carbocycles. The summed E-state index contributed by atoms with van der Waals surface area (Å²) in [6, 6.07) is 21.2. The van der Waals surface area contributed by atoms with E-state index in [1.165, 1.54) is 6.08 Å². The SMILES string of the molecule is CC(C)(C)c1ccc(C(=O)O)cc1.Cc1ccc(N=C=O)cc1.Cc1cccc(C(=O)O)c1. The molecule has 0 fully saturated rings. The average molecular weight is 448 g/mol. The Hall–Kier alpha value is -4.02. The van der Waals surface area contributed by atoms with E-state index < -0.39 is 11.9 Å². The summed E-state index contributed by atoms with van der Waals surface area (Å²) in [5.41, 5.74) is 4.70. The number of carbonyl (C=O) groups excluding carboxylic acids is 1. The van der Waals surface area contributed by atoms with Gasteiger partial charge < -0.3 is 10.2 Å². The molecule has 0 saturated carbocycles. The zero-order valence-electron chi connectivity index (χ0n) is 19.5. The molecule has 3 aromatic rings. The molecule has 0 heterocycles. The summed E-state index contributed by atoms with van der Waals surface area (Å²) in [5.74, 6) is -1.75. The largest absolute Gasteiger partial charge is 0.478 e. The molecule has 0 atom stereocenters. The average Bonchev–Trinajstić information content (AvgIpc) is 2.76. The third-order valence-electron chi connectivity index (χ3n) is 4.47. The first-order chi connectivity index (χ1) is 15.4. The molecule has 0 spiro atoms. The summed E-state index contributed by atoms with van der Waals surface area (Å²) in [4.78, 5) is 34.1. The lowest BCUT2D eigenvalue weighted by Gasteiger charge is -2.18. The molecule has 0 amide bonds. The van der Waals surface area contributed by atoms with Crippen LogP contribution in [0.25, 0.3) is 0 Å². The van der Waals surface area contributed by atoms with E-state index in [1.54, 1.807) is 42.5 Å². The van der Waals surface area contributed by atoms with Gasteiger partial charge in [0.25, 0.3) is 0 Å². The highest BCUT2D eigenvalue weighted by Crippen LogP contribution is 2.22. The van der Waals surface area contributed by atoms with Crippen molar-refractivity contribution < 1.29 is 24.6 Å². The molecule has 0 bridgehead atoms. The van der Waals surface area contributed by atoms with Gasteiger partial charge in [0.15, 0.2) is 0 Å². The van der Waals surface area contributed by atoms with Crippen LogP contribution in [0.4, 0.5) is 5.69 Å². The van der Waals surface area contributed by atoms with Crippen LogP contribution in [-0.2, 0) is 10.2 Å². The topological polar surface area (TPSA) is 104 Å². The first kappa shape index (κ1) is 27.0. The minimum atomic E-state index is -0.875. The number of aromatic carboxylic acids is 2. The van der Waals surface area contributed by atoms with Gasteiger partial charge in [-0.3, -0.25) is 0 Å². The monoisotopic (exact) mass is 447 g/mol. The van der Waals surface area contributed by atoms with Crippen LogP contribution in [0.15, 0.2) is 77.8 Å². The van der Waals surface area contributed by atoms with E-state index in [0.29, 0.717) is 16.8 Å². The third-order valence-corrected chi connectivity index (χ3v) is 4.47. The third kappa shape index (κ3) is 10.2. The number of carboxylic acid groups (broad SMARTS) is 2. The molecule has 0 unspecified atom stereocenters. The zero-order chi connectivity index (χ0) is 25.0. The molecule has 6 heteroatoms. The smallest absolute Gasteiger partial charge is 0.335 e. The minimum Gasteiger partial charge on any atom is -0.478 e. The van der Waals surface area contributed by atoms with Gasteiger partial charge in [-0.1, -0.05) is 68.3 Å². The van der Waals surface area contributed by atoms with Crippen molar-refractivity contribution in [1.29, 1.82) is 0 Å². The fourth-order valence-corrected chi connectivity index (χ4v) is 2.56. The molecule has 33 heavy (non-hydrogen) atoms. The molecule has 172 valence electrons. The lowest BCUT2D eigenvalue weighted by Crippen LogP contribution is -2.11. The summed E-state index contributed by atoms with van der Waals surface area (Å²) in [6.45, 7) is 10.1. The Morgan fingerprint density at radius 3 is 1.70 bits per heavy atom. The van der Waals surface area contributed by atoms with Gasteiger partial charge in [0, 0.05) is 0 Å². The van der Waals surface area contributed by atoms with Crippen molar-refractivity contribution in [2.45, 2.75) is 40.0 Å². The summed E-state index contributed by atoms with van der Waals surface area (Å²) in [6.07, 6.45) is 1.48. The Morgan fingerprint density at radius 1 is 0.758 bits per heavy atom. The van der Waals surface area contributed by atoms with Crippen molar-refractivity contribution in [3.8, 4) is 0 Å². The number of isocyanates is 1. The van der Waals surface area contributed by atoms with Crippen LogP contribution in [0.3, 0.4) is 0 Å². The van der Waals surface area contributed by atoms with Crippen molar-refractivity contribution in [3.63, 3.8) is 0 Å². The quantitative estimate of drug-likeness (QED) is 0.360. The Labute approximate surface area is 194 Å². The Balaban J connectivity index is 0.000000251. The van der Waals surface area contributed by atoms with E-state index in [9.17, 15) is 14.4 Å². The highest BCUT2D eigenvalue weighted by molar-refractivity contribution is 5.88. The summed E-state index contributed by atoms with van der Waals surface area (Å²) >= 11 is 0. The van der Waals surface area contributed by atoms with E-state index >= 15 is 0 Å². The summed E-state index contributed by atoms with van der Waals surface area (Å²) < 4.78 is 0. The fourth-order valence-electron chi connectivity index (χ4n) is 2.56. The van der Waals surface area contributed by atoms with E-state index in [1.807, 2.05) is 44.2 Å². The highest BCUT2D eigenvalue weighted by Gasteiger charge is 2.13. The van der Waals surface area contributed by atoms with Crippen molar-refractivity contribution in [3.05, 3.63) is 101 Å². The number of rotatable bonds is 3. The molecular formula is C27H29NO5. The van der Waals surface area contributed by atoms with E-state index in [-0.39, 0.29) is 5.41 Å². The normalized spacial score (nSPS) is 9.85. The first-order valence-electron chi connectivity index (χ1n) is 10.2. The molecule has 0 saturated heterocycles. The van der Waals surface area contributed by atoms with Crippen molar-refractivity contribution in [2.75, 3.05) is 0 Å². The maximum atomic E-state index is 10.6. The lowest BCUT2D eigenvalue weighted by molar-refractivity contribution is 0.0686. The van der Waals surface area contributed by atoms with E-state index in [0.717, 1.165) is 16.7 Å². The van der Waals surface area contributed by atoms with Gasteiger partial charge in [-0.05, 0) is 61.2 Å². The number of nitrogens with zero attached hydrogens (tertiary/aromatic N) is 1. The van der Waals surface area contributed by atoms with Crippen LogP contribution in [0.5, 0.6) is 0 Å². The van der Waals surface area contributed by atoms with Crippen molar-refractivity contribution in [1.82, 2.24) is 0 Å². The predicted octanol–water partition coefficient (Wildman–Crippen LogP) is 6.34. The maximum Gasteiger partial charge on any atom is 0.335 e. The predicted molar refractivity (Wildman–Crippen MR) is 129 cm³/mol. The van der Waals surface area contributed by atoms with Gasteiger partial charge in [0.2, 0.25) is 6.08 Å². The molecule has 3 rings (SSSR count). The molecule has 6 nitrogen and oxygen atoms in total. The van der Waals surface area contributed by atoms with Gasteiger partial charge in [-0.15, -0.1) is 0 Å². The summed E-state index contributed by atoms with van der Waals surface area (Å²) in [5, 5.41) is 17.2. The van der Waals surface area contributed by atoms with Crippen molar-refractivity contribution >= 4 is 23.7 Å². The van der Waals surface area contributed by atoms with Crippen molar-refractivity contribution in [2.24, 2.45) is 4.99 Å². The molecule has 3 aromatic carbocycles. The summed E-state index contributed by atoms with van der Waals surface area (Å²) in [7, 11) is 0. The number of carbonyl (C=O) groups is 2. The number of benzene rings is 3. The van der Waals surface area contributed by atoms with Crippen LogP contribution < -0.4 is 0 Å². The molecular weight excluding hydrogens is 418 g/mol. The minimum absolute atomic E-state index is 0.0804. The molecule has 2 N–H and O–H groups in total. The number of hydrogen-bond donors (Lipinski definition) is 2. The number of aliphatic imine (C=N–C) groups is 1. The van der Waals surface area contributed by atoms with Gasteiger partial charge in [0.1, 0.15) is 0 Å². The Bertz CT molecular complexity index is 1100. The fraction of sp³-hybridized carbons (Fsp3) is 0.222. The highest BCUT2D eigenvalue weighted by atomic mass is 16.4. The second kappa shape index (κ2) is 12.7. The second-order valence-corrected chi connectivity index (χ2v) is 8.35. The van der Waals surface area contributed by atoms with Gasteiger partial charge >= 0.3 is 11.9 Å². The molecule has 0 aromatic heterocycles. The van der Waals surface area contributed by atoms with E-state index in [4.69, 9.17) is 10.2 Å². The number of carboxylic acids is 2. The number of hydrogen-bond acceptors (Lipinski definition) is 4. The van der Waals surface area contributed by atoms with Crippen LogP contribution in [0, 0.1) is 13.8 Å². The van der Waals surface area contributed by atoms with Crippen LogP contribution in [0.1, 0.15) is 58.2 Å².